The third-order valence-corrected chi connectivity index (χ3v) is 2.51. The fourth-order valence-electron chi connectivity index (χ4n) is 1.63. The van der Waals surface area contributed by atoms with Crippen LogP contribution in [-0.2, 0) is 0 Å². The summed E-state index contributed by atoms with van der Waals surface area (Å²) < 4.78 is 0. The van der Waals surface area contributed by atoms with Crippen molar-refractivity contribution in [2.24, 2.45) is 0 Å². The standard InChI is InChI=1S/C10H11NO3/c1-11-9(13)7-5-3-2-4-6(7)8(12)10(11)14/h2-5,8,10,12,14H,1H3/t8-,10-/m1/s1. The van der Waals surface area contributed by atoms with E-state index in [-0.39, 0.29) is 5.91 Å². The molecule has 0 aromatic heterocycles. The summed E-state index contributed by atoms with van der Waals surface area (Å²) in [7, 11) is 1.46. The van der Waals surface area contributed by atoms with Gasteiger partial charge in [-0.05, 0) is 11.6 Å². The Bertz CT molecular complexity index is 377. The van der Waals surface area contributed by atoms with Crippen LogP contribution in [0.1, 0.15) is 22.0 Å². The van der Waals surface area contributed by atoms with Crippen LogP contribution < -0.4 is 0 Å². The molecule has 1 amide bonds. The molecule has 0 radical (unpaired) electrons. The Hall–Kier alpha value is -1.39. The van der Waals surface area contributed by atoms with E-state index in [0.29, 0.717) is 11.1 Å². The molecule has 2 N–H and O–H groups in total. The Kier molecular flexibility index (Phi) is 2.02. The molecule has 1 aromatic rings. The van der Waals surface area contributed by atoms with Gasteiger partial charge in [-0.3, -0.25) is 4.79 Å². The summed E-state index contributed by atoms with van der Waals surface area (Å²) in [4.78, 5) is 12.8. The molecular formula is C10H11NO3. The van der Waals surface area contributed by atoms with E-state index in [4.69, 9.17) is 0 Å². The van der Waals surface area contributed by atoms with Crippen molar-refractivity contribution in [2.75, 3.05) is 7.05 Å². The van der Waals surface area contributed by atoms with E-state index in [2.05, 4.69) is 0 Å². The Morgan fingerprint density at radius 3 is 2.64 bits per heavy atom. The third kappa shape index (κ3) is 1.12. The van der Waals surface area contributed by atoms with Crippen molar-refractivity contribution in [3.05, 3.63) is 35.4 Å². The van der Waals surface area contributed by atoms with Gasteiger partial charge in [0.25, 0.3) is 5.91 Å². The molecule has 0 spiro atoms. The molecule has 0 saturated carbocycles. The van der Waals surface area contributed by atoms with Crippen LogP contribution in [0.15, 0.2) is 24.3 Å². The molecule has 1 heterocycles. The summed E-state index contributed by atoms with van der Waals surface area (Å²) in [5.74, 6) is -0.265. The van der Waals surface area contributed by atoms with Gasteiger partial charge in [0.05, 0.1) is 0 Å². The molecule has 0 bridgehead atoms. The van der Waals surface area contributed by atoms with Gasteiger partial charge < -0.3 is 15.1 Å². The van der Waals surface area contributed by atoms with E-state index >= 15 is 0 Å². The number of amides is 1. The number of rotatable bonds is 0. The average Bonchev–Trinajstić information content (AvgIpc) is 2.23. The number of aliphatic hydroxyl groups excluding tert-OH is 2. The Morgan fingerprint density at radius 2 is 1.93 bits per heavy atom. The molecular weight excluding hydrogens is 182 g/mol. The first-order valence-electron chi connectivity index (χ1n) is 4.35. The van der Waals surface area contributed by atoms with Crippen molar-refractivity contribution < 1.29 is 15.0 Å². The van der Waals surface area contributed by atoms with Gasteiger partial charge in [-0.1, -0.05) is 18.2 Å². The van der Waals surface area contributed by atoms with Crippen LogP contribution in [0.4, 0.5) is 0 Å². The minimum Gasteiger partial charge on any atom is -0.384 e. The van der Waals surface area contributed by atoms with E-state index in [0.717, 1.165) is 4.90 Å². The molecule has 1 aromatic carbocycles. The van der Waals surface area contributed by atoms with Crippen molar-refractivity contribution in [2.45, 2.75) is 12.3 Å². The van der Waals surface area contributed by atoms with Gasteiger partial charge in [-0.15, -0.1) is 0 Å². The Morgan fingerprint density at radius 1 is 1.29 bits per heavy atom. The van der Waals surface area contributed by atoms with E-state index in [1.165, 1.54) is 7.05 Å². The average molecular weight is 193 g/mol. The number of carbonyl (C=O) groups is 1. The van der Waals surface area contributed by atoms with Crippen LogP contribution >= 0.6 is 0 Å². The number of aliphatic hydroxyl groups is 2. The zero-order chi connectivity index (χ0) is 10.3. The number of fused-ring (bicyclic) bond motifs is 1. The smallest absolute Gasteiger partial charge is 0.256 e. The summed E-state index contributed by atoms with van der Waals surface area (Å²) in [6, 6.07) is 6.75. The summed E-state index contributed by atoms with van der Waals surface area (Å²) in [5.41, 5.74) is 0.941. The van der Waals surface area contributed by atoms with E-state index in [1.54, 1.807) is 24.3 Å². The van der Waals surface area contributed by atoms with Gasteiger partial charge in [0, 0.05) is 12.6 Å². The van der Waals surface area contributed by atoms with Crippen LogP contribution in [0.3, 0.4) is 0 Å². The molecule has 0 fully saturated rings. The van der Waals surface area contributed by atoms with Crippen molar-refractivity contribution in [3.63, 3.8) is 0 Å². The Balaban J connectivity index is 2.56. The lowest BCUT2D eigenvalue weighted by Gasteiger charge is -2.33. The molecule has 2 atom stereocenters. The number of likely N-dealkylation sites (N-methyl/N-ethyl adjacent to an activating group) is 1. The first-order valence-corrected chi connectivity index (χ1v) is 4.35. The minimum absolute atomic E-state index is 0.265. The van der Waals surface area contributed by atoms with Gasteiger partial charge in [0.2, 0.25) is 0 Å². The maximum atomic E-state index is 11.6. The molecule has 2 rings (SSSR count). The lowest BCUT2D eigenvalue weighted by molar-refractivity contribution is -0.0672. The summed E-state index contributed by atoms with van der Waals surface area (Å²) >= 11 is 0. The highest BCUT2D eigenvalue weighted by atomic mass is 16.3. The number of benzene rings is 1. The monoisotopic (exact) mass is 193 g/mol. The predicted octanol–water partition coefficient (Wildman–Crippen LogP) is 0.124. The summed E-state index contributed by atoms with van der Waals surface area (Å²) in [6.45, 7) is 0. The zero-order valence-corrected chi connectivity index (χ0v) is 7.71. The SMILES string of the molecule is CN1C(=O)c2ccccc2[C@@H](O)[C@H]1O. The minimum atomic E-state index is -1.16. The van der Waals surface area contributed by atoms with Gasteiger partial charge in [-0.25, -0.2) is 0 Å². The molecule has 0 unspecified atom stereocenters. The van der Waals surface area contributed by atoms with E-state index in [9.17, 15) is 15.0 Å². The molecule has 1 aliphatic heterocycles. The summed E-state index contributed by atoms with van der Waals surface area (Å²) in [5, 5.41) is 19.2. The maximum Gasteiger partial charge on any atom is 0.256 e. The largest absolute Gasteiger partial charge is 0.384 e. The fraction of sp³-hybridized carbons (Fsp3) is 0.300. The highest BCUT2D eigenvalue weighted by Gasteiger charge is 2.34. The number of hydrogen-bond acceptors (Lipinski definition) is 3. The molecule has 0 aliphatic carbocycles. The van der Waals surface area contributed by atoms with Crippen LogP contribution in [-0.4, -0.2) is 34.3 Å². The third-order valence-electron chi connectivity index (χ3n) is 2.51. The normalized spacial score (nSPS) is 26.2. The second-order valence-electron chi connectivity index (χ2n) is 3.36. The summed E-state index contributed by atoms with van der Waals surface area (Å²) in [6.07, 6.45) is -2.17. The number of carbonyl (C=O) groups excluding carboxylic acids is 1. The molecule has 14 heavy (non-hydrogen) atoms. The molecule has 74 valence electrons. The first kappa shape index (κ1) is 9.18. The molecule has 0 saturated heterocycles. The van der Waals surface area contributed by atoms with Crippen LogP contribution in [0.5, 0.6) is 0 Å². The highest BCUT2D eigenvalue weighted by Crippen LogP contribution is 2.28. The van der Waals surface area contributed by atoms with Crippen molar-refractivity contribution in [3.8, 4) is 0 Å². The van der Waals surface area contributed by atoms with Gasteiger partial charge >= 0.3 is 0 Å². The van der Waals surface area contributed by atoms with Gasteiger partial charge in [-0.2, -0.15) is 0 Å². The molecule has 1 aliphatic rings. The zero-order valence-electron chi connectivity index (χ0n) is 7.71. The fourth-order valence-corrected chi connectivity index (χ4v) is 1.63. The van der Waals surface area contributed by atoms with E-state index in [1.807, 2.05) is 0 Å². The topological polar surface area (TPSA) is 60.8 Å². The van der Waals surface area contributed by atoms with Crippen molar-refractivity contribution in [1.82, 2.24) is 4.90 Å². The first-order chi connectivity index (χ1) is 6.63. The molecule has 4 heteroatoms. The highest BCUT2D eigenvalue weighted by molar-refractivity contribution is 5.96. The van der Waals surface area contributed by atoms with Crippen molar-refractivity contribution >= 4 is 5.91 Å². The van der Waals surface area contributed by atoms with Gasteiger partial charge in [0.15, 0.2) is 6.23 Å². The van der Waals surface area contributed by atoms with Crippen LogP contribution in [0.2, 0.25) is 0 Å². The number of hydrogen-bond donors (Lipinski definition) is 2. The quantitative estimate of drug-likeness (QED) is 0.615. The maximum absolute atomic E-state index is 11.6. The van der Waals surface area contributed by atoms with Gasteiger partial charge in [0.1, 0.15) is 6.10 Å². The van der Waals surface area contributed by atoms with Crippen LogP contribution in [0, 0.1) is 0 Å². The number of nitrogens with zero attached hydrogens (tertiary/aromatic N) is 1. The van der Waals surface area contributed by atoms with Crippen molar-refractivity contribution in [1.29, 1.82) is 0 Å². The molecule has 4 nitrogen and oxygen atoms in total. The lowest BCUT2D eigenvalue weighted by atomic mass is 9.96. The predicted molar refractivity (Wildman–Crippen MR) is 49.5 cm³/mol. The second-order valence-corrected chi connectivity index (χ2v) is 3.36. The van der Waals surface area contributed by atoms with E-state index < -0.39 is 12.3 Å². The second kappa shape index (κ2) is 3.08. The lowest BCUT2D eigenvalue weighted by Crippen LogP contribution is -2.45. The van der Waals surface area contributed by atoms with Crippen LogP contribution in [0.25, 0.3) is 0 Å². The Labute approximate surface area is 81.4 Å².